The Labute approximate surface area is 98.0 Å². The van der Waals surface area contributed by atoms with Gasteiger partial charge in [-0.3, -0.25) is 0 Å². The van der Waals surface area contributed by atoms with Crippen molar-refractivity contribution in [1.82, 2.24) is 5.32 Å². The maximum atomic E-state index is 5.18. The summed E-state index contributed by atoms with van der Waals surface area (Å²) in [6, 6.07) is 8.98. The molecule has 1 aromatic rings. The van der Waals surface area contributed by atoms with Gasteiger partial charge < -0.3 is 10.1 Å². The number of ether oxygens (including phenoxy) is 1. The summed E-state index contributed by atoms with van der Waals surface area (Å²) in [5.74, 6) is 1.82. The van der Waals surface area contributed by atoms with E-state index in [1.165, 1.54) is 24.8 Å². The van der Waals surface area contributed by atoms with E-state index in [2.05, 4.69) is 24.4 Å². The van der Waals surface area contributed by atoms with E-state index in [1.54, 1.807) is 7.11 Å². The average Bonchev–Trinajstić information content (AvgIpc) is 2.39. The molecule has 16 heavy (non-hydrogen) atoms. The van der Waals surface area contributed by atoms with E-state index < -0.39 is 0 Å². The Morgan fingerprint density at radius 1 is 1.31 bits per heavy atom. The molecule has 0 bridgehead atoms. The fraction of sp³-hybridized carbons (Fsp3) is 0.571. The van der Waals surface area contributed by atoms with E-state index in [-0.39, 0.29) is 0 Å². The molecule has 1 fully saturated rings. The van der Waals surface area contributed by atoms with Crippen molar-refractivity contribution < 1.29 is 4.74 Å². The molecular weight excluding hydrogens is 198 g/mol. The van der Waals surface area contributed by atoms with Gasteiger partial charge in [0, 0.05) is 6.04 Å². The maximum absolute atomic E-state index is 5.18. The molecule has 2 nitrogen and oxygen atoms in total. The number of methoxy groups -OCH3 is 1. The van der Waals surface area contributed by atoms with Crippen LogP contribution in [0.1, 0.15) is 37.8 Å². The van der Waals surface area contributed by atoms with Gasteiger partial charge in [-0.05, 0) is 43.0 Å². The minimum absolute atomic E-state index is 0.532. The Bertz CT molecular complexity index is 320. The number of benzene rings is 1. The second-order valence-electron chi connectivity index (χ2n) is 4.58. The zero-order valence-electron chi connectivity index (χ0n) is 10.2. The molecule has 1 saturated heterocycles. The van der Waals surface area contributed by atoms with E-state index in [0.29, 0.717) is 6.04 Å². The summed E-state index contributed by atoms with van der Waals surface area (Å²) in [6.45, 7) is 3.44. The molecule has 2 heteroatoms. The number of piperidine rings is 1. The van der Waals surface area contributed by atoms with Gasteiger partial charge in [-0.2, -0.15) is 0 Å². The highest BCUT2D eigenvalue weighted by Crippen LogP contribution is 2.29. The Morgan fingerprint density at radius 2 is 2.06 bits per heavy atom. The first-order chi connectivity index (χ1) is 7.83. The molecule has 88 valence electrons. The van der Waals surface area contributed by atoms with Gasteiger partial charge in [0.1, 0.15) is 5.75 Å². The molecule has 1 aliphatic rings. The molecule has 0 radical (unpaired) electrons. The summed E-state index contributed by atoms with van der Waals surface area (Å²) in [7, 11) is 1.71. The van der Waals surface area contributed by atoms with Crippen molar-refractivity contribution in [3.63, 3.8) is 0 Å². The first-order valence-electron chi connectivity index (χ1n) is 6.20. The Morgan fingerprint density at radius 3 is 2.69 bits per heavy atom. The van der Waals surface area contributed by atoms with E-state index in [1.807, 2.05) is 12.1 Å². The Hall–Kier alpha value is -1.02. The first-order valence-corrected chi connectivity index (χ1v) is 6.20. The topological polar surface area (TPSA) is 21.3 Å². The standard InChI is InChI=1S/C14H21NO/c1-3-11-8-9-15-14(10-11)12-4-6-13(16-2)7-5-12/h4-7,11,14-15H,3,8-10H2,1-2H3. The quantitative estimate of drug-likeness (QED) is 0.843. The first kappa shape index (κ1) is 11.5. The van der Waals surface area contributed by atoms with Gasteiger partial charge in [-0.1, -0.05) is 25.5 Å². The smallest absolute Gasteiger partial charge is 0.118 e. The fourth-order valence-electron chi connectivity index (χ4n) is 2.46. The molecule has 2 rings (SSSR count). The molecule has 0 aliphatic carbocycles. The maximum Gasteiger partial charge on any atom is 0.118 e. The van der Waals surface area contributed by atoms with Crippen LogP contribution in [-0.4, -0.2) is 13.7 Å². The highest BCUT2D eigenvalue weighted by molar-refractivity contribution is 5.29. The van der Waals surface area contributed by atoms with Crippen LogP contribution in [0.5, 0.6) is 5.75 Å². The molecule has 0 saturated carbocycles. The normalized spacial score (nSPS) is 25.4. The molecule has 0 amide bonds. The molecule has 1 heterocycles. The minimum atomic E-state index is 0.532. The predicted molar refractivity (Wildman–Crippen MR) is 66.8 cm³/mol. The van der Waals surface area contributed by atoms with Gasteiger partial charge in [0.15, 0.2) is 0 Å². The van der Waals surface area contributed by atoms with Crippen LogP contribution < -0.4 is 10.1 Å². The monoisotopic (exact) mass is 219 g/mol. The summed E-state index contributed by atoms with van der Waals surface area (Å²) in [4.78, 5) is 0. The lowest BCUT2D eigenvalue weighted by molar-refractivity contribution is 0.299. The van der Waals surface area contributed by atoms with Gasteiger partial charge in [-0.15, -0.1) is 0 Å². The Balaban J connectivity index is 2.05. The van der Waals surface area contributed by atoms with E-state index in [4.69, 9.17) is 4.74 Å². The molecule has 0 spiro atoms. The largest absolute Gasteiger partial charge is 0.497 e. The summed E-state index contributed by atoms with van der Waals surface area (Å²) >= 11 is 0. The van der Waals surface area contributed by atoms with Crippen molar-refractivity contribution >= 4 is 0 Å². The zero-order valence-corrected chi connectivity index (χ0v) is 10.2. The molecule has 2 unspecified atom stereocenters. The van der Waals surface area contributed by atoms with Gasteiger partial charge in [0.05, 0.1) is 7.11 Å². The number of rotatable bonds is 3. The predicted octanol–water partition coefficient (Wildman–Crippen LogP) is 3.15. The highest BCUT2D eigenvalue weighted by atomic mass is 16.5. The van der Waals surface area contributed by atoms with Crippen molar-refractivity contribution in [2.75, 3.05) is 13.7 Å². The summed E-state index contributed by atoms with van der Waals surface area (Å²) in [5, 5.41) is 3.60. The van der Waals surface area contributed by atoms with E-state index in [0.717, 1.165) is 18.2 Å². The molecule has 2 atom stereocenters. The van der Waals surface area contributed by atoms with Gasteiger partial charge >= 0.3 is 0 Å². The molecule has 0 aromatic heterocycles. The SMILES string of the molecule is CCC1CCNC(c2ccc(OC)cc2)C1. The van der Waals surface area contributed by atoms with Gasteiger partial charge in [-0.25, -0.2) is 0 Å². The average molecular weight is 219 g/mol. The number of nitrogens with one attached hydrogen (secondary N) is 1. The lowest BCUT2D eigenvalue weighted by Crippen LogP contribution is -2.31. The van der Waals surface area contributed by atoms with Crippen LogP contribution in [0.15, 0.2) is 24.3 Å². The van der Waals surface area contributed by atoms with Gasteiger partial charge in [0.25, 0.3) is 0 Å². The van der Waals surface area contributed by atoms with E-state index in [9.17, 15) is 0 Å². The van der Waals surface area contributed by atoms with Crippen molar-refractivity contribution in [2.24, 2.45) is 5.92 Å². The molecule has 1 N–H and O–H groups in total. The van der Waals surface area contributed by atoms with Crippen molar-refractivity contribution in [3.05, 3.63) is 29.8 Å². The van der Waals surface area contributed by atoms with Crippen molar-refractivity contribution in [1.29, 1.82) is 0 Å². The lowest BCUT2D eigenvalue weighted by atomic mass is 9.87. The van der Waals surface area contributed by atoms with Crippen LogP contribution in [0.3, 0.4) is 0 Å². The highest BCUT2D eigenvalue weighted by Gasteiger charge is 2.21. The van der Waals surface area contributed by atoms with Crippen LogP contribution in [0.2, 0.25) is 0 Å². The second-order valence-corrected chi connectivity index (χ2v) is 4.58. The fourth-order valence-corrected chi connectivity index (χ4v) is 2.46. The Kier molecular flexibility index (Phi) is 3.83. The minimum Gasteiger partial charge on any atom is -0.497 e. The molecule has 1 aromatic carbocycles. The summed E-state index contributed by atoms with van der Waals surface area (Å²) in [6.07, 6.45) is 3.89. The lowest BCUT2D eigenvalue weighted by Gasteiger charge is -2.30. The molecular formula is C14H21NO. The zero-order chi connectivity index (χ0) is 11.4. The third kappa shape index (κ3) is 2.56. The van der Waals surface area contributed by atoms with E-state index >= 15 is 0 Å². The van der Waals surface area contributed by atoms with Crippen molar-refractivity contribution in [2.45, 2.75) is 32.2 Å². The van der Waals surface area contributed by atoms with Crippen LogP contribution in [0.25, 0.3) is 0 Å². The number of hydrogen-bond donors (Lipinski definition) is 1. The number of hydrogen-bond acceptors (Lipinski definition) is 2. The van der Waals surface area contributed by atoms with Gasteiger partial charge in [0.2, 0.25) is 0 Å². The van der Waals surface area contributed by atoms with Crippen LogP contribution >= 0.6 is 0 Å². The third-order valence-electron chi connectivity index (χ3n) is 3.61. The summed E-state index contributed by atoms with van der Waals surface area (Å²) < 4.78 is 5.18. The third-order valence-corrected chi connectivity index (χ3v) is 3.61. The van der Waals surface area contributed by atoms with Crippen LogP contribution in [-0.2, 0) is 0 Å². The van der Waals surface area contributed by atoms with Crippen molar-refractivity contribution in [3.8, 4) is 5.75 Å². The van der Waals surface area contributed by atoms with Crippen LogP contribution in [0, 0.1) is 5.92 Å². The summed E-state index contributed by atoms with van der Waals surface area (Å²) in [5.41, 5.74) is 1.39. The second kappa shape index (κ2) is 5.35. The van der Waals surface area contributed by atoms with Crippen LogP contribution in [0.4, 0.5) is 0 Å². The molecule has 1 aliphatic heterocycles.